The maximum atomic E-state index is 8.92. The molecular formula is C19H14N2O2. The van der Waals surface area contributed by atoms with E-state index in [-0.39, 0.29) is 0 Å². The Morgan fingerprint density at radius 3 is 1.91 bits per heavy atom. The molecule has 0 unspecified atom stereocenters. The molecule has 2 N–H and O–H groups in total. The number of anilines is 1. The smallest absolute Gasteiger partial charge is 0.131 e. The summed E-state index contributed by atoms with van der Waals surface area (Å²) in [5.74, 6) is 2.59. The molecule has 4 heteroatoms. The van der Waals surface area contributed by atoms with E-state index in [0.29, 0.717) is 34.2 Å². The molecule has 0 spiro atoms. The van der Waals surface area contributed by atoms with Crippen LogP contribution in [0.1, 0.15) is 5.56 Å². The van der Waals surface area contributed by atoms with Crippen LogP contribution in [0.4, 0.5) is 5.69 Å². The zero-order valence-corrected chi connectivity index (χ0v) is 12.3. The predicted octanol–water partition coefficient (Wildman–Crippen LogP) is 4.73. The van der Waals surface area contributed by atoms with E-state index < -0.39 is 0 Å². The fourth-order valence-corrected chi connectivity index (χ4v) is 2.04. The van der Waals surface area contributed by atoms with Crippen molar-refractivity contribution in [2.45, 2.75) is 0 Å². The van der Waals surface area contributed by atoms with Crippen LogP contribution in [0.2, 0.25) is 0 Å². The molecule has 0 aliphatic heterocycles. The number of hydrogen-bond donors (Lipinski definition) is 1. The SMILES string of the molecule is N#Cc1cccc(Oc2cccc(Oc3ccc(N)cc3)c2)c1. The molecule has 3 aromatic rings. The average Bonchev–Trinajstić information content (AvgIpc) is 2.57. The van der Waals surface area contributed by atoms with Crippen LogP contribution in [0.5, 0.6) is 23.0 Å². The van der Waals surface area contributed by atoms with E-state index in [0.717, 1.165) is 0 Å². The Morgan fingerprint density at radius 2 is 1.26 bits per heavy atom. The molecule has 0 bridgehead atoms. The molecule has 3 aromatic carbocycles. The Hall–Kier alpha value is -3.45. The molecular weight excluding hydrogens is 288 g/mol. The minimum Gasteiger partial charge on any atom is -0.457 e. The van der Waals surface area contributed by atoms with Gasteiger partial charge in [0, 0.05) is 11.8 Å². The van der Waals surface area contributed by atoms with Crippen LogP contribution in [0.3, 0.4) is 0 Å². The second-order valence-corrected chi connectivity index (χ2v) is 4.89. The summed E-state index contributed by atoms with van der Waals surface area (Å²) >= 11 is 0. The molecule has 0 radical (unpaired) electrons. The number of nitriles is 1. The number of ether oxygens (including phenoxy) is 2. The molecule has 0 saturated carbocycles. The fraction of sp³-hybridized carbons (Fsp3) is 0. The maximum absolute atomic E-state index is 8.92. The minimum absolute atomic E-state index is 0.553. The first-order valence-electron chi connectivity index (χ1n) is 7.04. The number of nitrogens with zero attached hydrogens (tertiary/aromatic N) is 1. The topological polar surface area (TPSA) is 68.3 Å². The molecule has 112 valence electrons. The largest absolute Gasteiger partial charge is 0.457 e. The highest BCUT2D eigenvalue weighted by atomic mass is 16.5. The first-order chi connectivity index (χ1) is 11.2. The second kappa shape index (κ2) is 6.54. The first kappa shape index (κ1) is 14.5. The number of nitrogen functional groups attached to an aromatic ring is 1. The molecule has 0 aliphatic rings. The number of rotatable bonds is 4. The van der Waals surface area contributed by atoms with Crippen molar-refractivity contribution in [3.8, 4) is 29.1 Å². The molecule has 4 nitrogen and oxygen atoms in total. The van der Waals surface area contributed by atoms with E-state index in [2.05, 4.69) is 6.07 Å². The van der Waals surface area contributed by atoms with Crippen molar-refractivity contribution in [2.75, 3.05) is 5.73 Å². The third-order valence-corrected chi connectivity index (χ3v) is 3.12. The van der Waals surface area contributed by atoms with Gasteiger partial charge >= 0.3 is 0 Å². The Balaban J connectivity index is 1.77. The quantitative estimate of drug-likeness (QED) is 0.708. The highest BCUT2D eigenvalue weighted by molar-refractivity contribution is 5.45. The van der Waals surface area contributed by atoms with E-state index in [1.54, 1.807) is 54.6 Å². The van der Waals surface area contributed by atoms with Crippen molar-refractivity contribution in [1.82, 2.24) is 0 Å². The molecule has 0 amide bonds. The average molecular weight is 302 g/mol. The predicted molar refractivity (Wildman–Crippen MR) is 88.6 cm³/mol. The highest BCUT2D eigenvalue weighted by Crippen LogP contribution is 2.28. The van der Waals surface area contributed by atoms with Gasteiger partial charge in [-0.3, -0.25) is 0 Å². The Morgan fingerprint density at radius 1 is 0.696 bits per heavy atom. The minimum atomic E-state index is 0.553. The summed E-state index contributed by atoms with van der Waals surface area (Å²) in [6, 6.07) is 23.6. The van der Waals surface area contributed by atoms with E-state index >= 15 is 0 Å². The van der Waals surface area contributed by atoms with Crippen molar-refractivity contribution in [1.29, 1.82) is 5.26 Å². The molecule has 0 aliphatic carbocycles. The molecule has 0 heterocycles. The number of nitrogens with two attached hydrogens (primary N) is 1. The van der Waals surface area contributed by atoms with E-state index in [1.807, 2.05) is 18.2 Å². The molecule has 0 aromatic heterocycles. The summed E-state index contributed by atoms with van der Waals surface area (Å²) in [6.45, 7) is 0. The maximum Gasteiger partial charge on any atom is 0.131 e. The molecule has 23 heavy (non-hydrogen) atoms. The van der Waals surface area contributed by atoms with Crippen molar-refractivity contribution in [3.63, 3.8) is 0 Å². The van der Waals surface area contributed by atoms with Gasteiger partial charge in [-0.05, 0) is 54.6 Å². The van der Waals surface area contributed by atoms with Crippen LogP contribution in [0.25, 0.3) is 0 Å². The lowest BCUT2D eigenvalue weighted by atomic mass is 10.2. The highest BCUT2D eigenvalue weighted by Gasteiger charge is 2.02. The molecule has 0 fully saturated rings. The summed E-state index contributed by atoms with van der Waals surface area (Å²) in [4.78, 5) is 0. The van der Waals surface area contributed by atoms with E-state index in [1.165, 1.54) is 0 Å². The van der Waals surface area contributed by atoms with E-state index in [9.17, 15) is 0 Å². The van der Waals surface area contributed by atoms with Gasteiger partial charge in [0.2, 0.25) is 0 Å². The van der Waals surface area contributed by atoms with Crippen molar-refractivity contribution >= 4 is 5.69 Å². The molecule has 3 rings (SSSR count). The van der Waals surface area contributed by atoms with Crippen LogP contribution in [-0.2, 0) is 0 Å². The zero-order chi connectivity index (χ0) is 16.1. The lowest BCUT2D eigenvalue weighted by molar-refractivity contribution is 0.460. The third kappa shape index (κ3) is 3.80. The number of hydrogen-bond acceptors (Lipinski definition) is 4. The summed E-state index contributed by atoms with van der Waals surface area (Å²) in [5.41, 5.74) is 6.89. The molecule has 0 atom stereocenters. The third-order valence-electron chi connectivity index (χ3n) is 3.12. The van der Waals surface area contributed by atoms with Gasteiger partial charge in [-0.1, -0.05) is 12.1 Å². The van der Waals surface area contributed by atoms with Crippen LogP contribution in [-0.4, -0.2) is 0 Å². The lowest BCUT2D eigenvalue weighted by Crippen LogP contribution is -1.88. The van der Waals surface area contributed by atoms with Crippen molar-refractivity contribution in [3.05, 3.63) is 78.4 Å². The standard InChI is InChI=1S/C19H14N2O2/c20-13-14-3-1-4-17(11-14)23-19-6-2-5-18(12-19)22-16-9-7-15(21)8-10-16/h1-12H,21H2. The van der Waals surface area contributed by atoms with E-state index in [4.69, 9.17) is 20.5 Å². The van der Waals surface area contributed by atoms with Gasteiger partial charge in [0.1, 0.15) is 23.0 Å². The Kier molecular flexibility index (Phi) is 4.12. The summed E-state index contributed by atoms with van der Waals surface area (Å²) in [7, 11) is 0. The summed E-state index contributed by atoms with van der Waals surface area (Å²) < 4.78 is 11.5. The second-order valence-electron chi connectivity index (χ2n) is 4.89. The summed E-state index contributed by atoms with van der Waals surface area (Å²) in [6.07, 6.45) is 0. The van der Waals surface area contributed by atoms with Crippen molar-refractivity contribution < 1.29 is 9.47 Å². The van der Waals surface area contributed by atoms with Gasteiger partial charge in [0.05, 0.1) is 11.6 Å². The van der Waals surface area contributed by atoms with Crippen LogP contribution in [0, 0.1) is 11.3 Å². The van der Waals surface area contributed by atoms with Gasteiger partial charge in [0.25, 0.3) is 0 Å². The van der Waals surface area contributed by atoms with Crippen molar-refractivity contribution in [2.24, 2.45) is 0 Å². The number of benzene rings is 3. The fourth-order valence-electron chi connectivity index (χ4n) is 2.04. The van der Waals surface area contributed by atoms with Gasteiger partial charge in [-0.15, -0.1) is 0 Å². The normalized spacial score (nSPS) is 9.87. The first-order valence-corrected chi connectivity index (χ1v) is 7.04. The zero-order valence-electron chi connectivity index (χ0n) is 12.3. The van der Waals surface area contributed by atoms with Gasteiger partial charge in [0.15, 0.2) is 0 Å². The van der Waals surface area contributed by atoms with Crippen LogP contribution >= 0.6 is 0 Å². The van der Waals surface area contributed by atoms with Crippen LogP contribution < -0.4 is 15.2 Å². The lowest BCUT2D eigenvalue weighted by Gasteiger charge is -2.09. The summed E-state index contributed by atoms with van der Waals surface area (Å²) in [5, 5.41) is 8.92. The Bertz CT molecular complexity index is 852. The van der Waals surface area contributed by atoms with Gasteiger partial charge < -0.3 is 15.2 Å². The molecule has 0 saturated heterocycles. The Labute approximate surface area is 134 Å². The van der Waals surface area contributed by atoms with Gasteiger partial charge in [-0.2, -0.15) is 5.26 Å². The van der Waals surface area contributed by atoms with Gasteiger partial charge in [-0.25, -0.2) is 0 Å². The monoisotopic (exact) mass is 302 g/mol. The van der Waals surface area contributed by atoms with Crippen LogP contribution in [0.15, 0.2) is 72.8 Å².